The molecule has 2 heterocycles. The van der Waals surface area contributed by atoms with Crippen LogP contribution < -0.4 is 29.1 Å². The third-order valence-corrected chi connectivity index (χ3v) is 9.47. The smallest absolute Gasteiger partial charge is 0.337 e. The average molecular weight is 671 g/mol. The molecule has 0 fully saturated rings. The molecule has 49 heavy (non-hydrogen) atoms. The van der Waals surface area contributed by atoms with Gasteiger partial charge in [0.05, 0.1) is 36.5 Å². The van der Waals surface area contributed by atoms with Crippen molar-refractivity contribution in [2.45, 2.75) is 26.5 Å². The standard InChI is InChI=1S/C40H34N2O6S/c1-4-46-34-20-18-27(21-35(34)47-5-2)37-32(39(44)45-3)23-41-40-42(37)38(43)36(49-40)22-31-30-16-9-7-12-26(30)17-19-33(31)48-24-28-14-10-13-25-11-6-8-15-29(25)28/h6-23,37H,4-5,24H2,1-3H3/b36-22+/t37-/m0/s1. The second-order valence-electron chi connectivity index (χ2n) is 11.4. The van der Waals surface area contributed by atoms with Crippen molar-refractivity contribution in [2.75, 3.05) is 20.3 Å². The number of hydrogen-bond acceptors (Lipinski definition) is 8. The Balaban J connectivity index is 1.36. The van der Waals surface area contributed by atoms with Crippen molar-refractivity contribution >= 4 is 44.9 Å². The molecule has 7 rings (SSSR count). The predicted molar refractivity (Wildman–Crippen MR) is 192 cm³/mol. The maximum Gasteiger partial charge on any atom is 0.337 e. The van der Waals surface area contributed by atoms with Crippen LogP contribution in [0.3, 0.4) is 0 Å². The monoisotopic (exact) mass is 670 g/mol. The highest BCUT2D eigenvalue weighted by Gasteiger charge is 2.31. The van der Waals surface area contributed by atoms with Crippen LogP contribution in [0.15, 0.2) is 119 Å². The summed E-state index contributed by atoms with van der Waals surface area (Å²) in [6.45, 7) is 5.02. The molecule has 1 aliphatic heterocycles. The van der Waals surface area contributed by atoms with Gasteiger partial charge in [-0.2, -0.15) is 0 Å². The zero-order valence-corrected chi connectivity index (χ0v) is 28.2. The van der Waals surface area contributed by atoms with Crippen LogP contribution in [0.4, 0.5) is 0 Å². The van der Waals surface area contributed by atoms with Gasteiger partial charge in [-0.15, -0.1) is 0 Å². The number of nitrogens with zero attached hydrogens (tertiary/aromatic N) is 2. The van der Waals surface area contributed by atoms with Gasteiger partial charge < -0.3 is 18.9 Å². The van der Waals surface area contributed by atoms with E-state index >= 15 is 0 Å². The summed E-state index contributed by atoms with van der Waals surface area (Å²) in [5.74, 6) is 1.18. The summed E-state index contributed by atoms with van der Waals surface area (Å²) < 4.78 is 25.3. The highest BCUT2D eigenvalue weighted by Crippen LogP contribution is 2.35. The number of aromatic nitrogens is 1. The lowest BCUT2D eigenvalue weighted by Crippen LogP contribution is -2.39. The highest BCUT2D eigenvalue weighted by molar-refractivity contribution is 7.07. The molecule has 8 nitrogen and oxygen atoms in total. The van der Waals surface area contributed by atoms with E-state index in [-0.39, 0.29) is 11.1 Å². The minimum absolute atomic E-state index is 0.234. The molecule has 0 bridgehead atoms. The van der Waals surface area contributed by atoms with E-state index < -0.39 is 12.0 Å². The van der Waals surface area contributed by atoms with Gasteiger partial charge in [0.25, 0.3) is 5.56 Å². The van der Waals surface area contributed by atoms with Gasteiger partial charge in [-0.3, -0.25) is 9.36 Å². The lowest BCUT2D eigenvalue weighted by molar-refractivity contribution is -0.136. The third kappa shape index (κ3) is 6.09. The number of hydrogen-bond donors (Lipinski definition) is 0. The Hall–Kier alpha value is -5.67. The summed E-state index contributed by atoms with van der Waals surface area (Å²) >= 11 is 1.26. The number of methoxy groups -OCH3 is 1. The summed E-state index contributed by atoms with van der Waals surface area (Å²) in [7, 11) is 1.31. The van der Waals surface area contributed by atoms with Gasteiger partial charge in [0, 0.05) is 11.8 Å². The first-order chi connectivity index (χ1) is 24.0. The molecule has 5 aromatic carbocycles. The molecule has 1 aliphatic rings. The number of esters is 1. The summed E-state index contributed by atoms with van der Waals surface area (Å²) in [5.41, 5.74) is 2.46. The normalized spacial score (nSPS) is 14.2. The summed E-state index contributed by atoms with van der Waals surface area (Å²) in [4.78, 5) is 32.5. The van der Waals surface area contributed by atoms with Gasteiger partial charge in [-0.25, -0.2) is 9.79 Å². The minimum Gasteiger partial charge on any atom is -0.490 e. The van der Waals surface area contributed by atoms with Crippen LogP contribution >= 0.6 is 11.3 Å². The number of carbonyl (C=O) groups is 1. The predicted octanol–water partition coefficient (Wildman–Crippen LogP) is 6.70. The van der Waals surface area contributed by atoms with Crippen LogP contribution in [0.2, 0.25) is 0 Å². The van der Waals surface area contributed by atoms with Crippen LogP contribution in [0.5, 0.6) is 17.2 Å². The Bertz CT molecular complexity index is 2420. The molecule has 6 aromatic rings. The first-order valence-electron chi connectivity index (χ1n) is 16.1. The fourth-order valence-electron chi connectivity index (χ4n) is 6.24. The molecule has 1 aromatic heterocycles. The number of rotatable bonds is 10. The number of fused-ring (bicyclic) bond motifs is 3. The first-order valence-corrected chi connectivity index (χ1v) is 16.9. The minimum atomic E-state index is -0.796. The molecule has 0 saturated heterocycles. The zero-order valence-electron chi connectivity index (χ0n) is 27.3. The van der Waals surface area contributed by atoms with E-state index in [9.17, 15) is 9.59 Å². The molecule has 0 saturated carbocycles. The topological polar surface area (TPSA) is 88.4 Å². The lowest BCUT2D eigenvalue weighted by Gasteiger charge is -2.23. The summed E-state index contributed by atoms with van der Waals surface area (Å²) in [6.07, 6.45) is 3.35. The number of benzene rings is 5. The fourth-order valence-corrected chi connectivity index (χ4v) is 7.19. The van der Waals surface area contributed by atoms with E-state index in [1.54, 1.807) is 10.6 Å². The Morgan fingerprint density at radius 1 is 0.816 bits per heavy atom. The van der Waals surface area contributed by atoms with Crippen LogP contribution in [0.1, 0.15) is 36.6 Å². The molecule has 0 spiro atoms. The Labute approximate surface area is 286 Å². The molecule has 9 heteroatoms. The molecule has 246 valence electrons. The van der Waals surface area contributed by atoms with E-state index in [4.69, 9.17) is 18.9 Å². The quantitative estimate of drug-likeness (QED) is 0.151. The first kappa shape index (κ1) is 31.9. The van der Waals surface area contributed by atoms with E-state index in [0.717, 1.165) is 32.7 Å². The largest absolute Gasteiger partial charge is 0.490 e. The molecule has 0 N–H and O–H groups in total. The Kier molecular flexibility index (Phi) is 9.00. The molecule has 1 atom stereocenters. The van der Waals surface area contributed by atoms with Crippen molar-refractivity contribution in [3.05, 3.63) is 145 Å². The van der Waals surface area contributed by atoms with Crippen molar-refractivity contribution in [3.63, 3.8) is 0 Å². The number of ether oxygens (including phenoxy) is 4. The van der Waals surface area contributed by atoms with Crippen LogP contribution in [0, 0.1) is 0 Å². The van der Waals surface area contributed by atoms with Gasteiger partial charge in [0.1, 0.15) is 12.4 Å². The summed E-state index contributed by atoms with van der Waals surface area (Å²) in [6, 6.07) is 31.0. The van der Waals surface area contributed by atoms with Crippen LogP contribution in [-0.4, -0.2) is 30.9 Å². The van der Waals surface area contributed by atoms with E-state index in [0.29, 0.717) is 52.0 Å². The van der Waals surface area contributed by atoms with Gasteiger partial charge >= 0.3 is 5.97 Å². The van der Waals surface area contributed by atoms with Crippen molar-refractivity contribution in [3.8, 4) is 17.2 Å². The van der Waals surface area contributed by atoms with E-state index in [1.165, 1.54) is 24.6 Å². The van der Waals surface area contributed by atoms with Gasteiger partial charge in [0.15, 0.2) is 16.3 Å². The molecule has 0 amide bonds. The molecule has 0 unspecified atom stereocenters. The van der Waals surface area contributed by atoms with Gasteiger partial charge in [-0.05, 0) is 70.8 Å². The lowest BCUT2D eigenvalue weighted by atomic mass is 9.97. The number of carbonyl (C=O) groups excluding carboxylic acids is 1. The van der Waals surface area contributed by atoms with Crippen molar-refractivity contribution in [1.29, 1.82) is 0 Å². The number of thiazole rings is 1. The third-order valence-electron chi connectivity index (χ3n) is 8.48. The Morgan fingerprint density at radius 2 is 1.51 bits per heavy atom. The second kappa shape index (κ2) is 13.8. The highest BCUT2D eigenvalue weighted by atomic mass is 32.1. The van der Waals surface area contributed by atoms with E-state index in [2.05, 4.69) is 29.3 Å². The van der Waals surface area contributed by atoms with Crippen molar-refractivity contribution < 1.29 is 23.7 Å². The van der Waals surface area contributed by atoms with Gasteiger partial charge in [-0.1, -0.05) is 90.2 Å². The van der Waals surface area contributed by atoms with Gasteiger partial charge in [0.2, 0.25) is 0 Å². The SMILES string of the molecule is CCOc1ccc([C@H]2C(C(=O)OC)=CN=c3s/c(=C/c4c(OCc5cccc6ccccc56)ccc5ccccc45)c(=O)n32)cc1OCC. The Morgan fingerprint density at radius 3 is 2.29 bits per heavy atom. The van der Waals surface area contributed by atoms with Crippen LogP contribution in [-0.2, 0) is 16.1 Å². The summed E-state index contributed by atoms with van der Waals surface area (Å²) in [5, 5.41) is 4.24. The van der Waals surface area contributed by atoms with E-state index in [1.807, 2.05) is 86.7 Å². The van der Waals surface area contributed by atoms with Crippen LogP contribution in [0.25, 0.3) is 27.6 Å². The maximum absolute atomic E-state index is 14.4. The van der Waals surface area contributed by atoms with Crippen molar-refractivity contribution in [1.82, 2.24) is 4.57 Å². The molecule has 0 radical (unpaired) electrons. The molecular formula is C40H34N2O6S. The molecule has 0 aliphatic carbocycles. The molecular weight excluding hydrogens is 637 g/mol. The van der Waals surface area contributed by atoms with Crippen molar-refractivity contribution in [2.24, 2.45) is 4.99 Å². The fraction of sp³-hybridized carbons (Fsp3) is 0.175. The second-order valence-corrected chi connectivity index (χ2v) is 12.4. The average Bonchev–Trinajstić information content (AvgIpc) is 3.45. The maximum atomic E-state index is 14.4. The zero-order chi connectivity index (χ0) is 33.9.